The van der Waals surface area contributed by atoms with Gasteiger partial charge in [-0.15, -0.1) is 0 Å². The first-order valence-corrected chi connectivity index (χ1v) is 11.7. The molecule has 1 aliphatic rings. The van der Waals surface area contributed by atoms with E-state index in [1.54, 1.807) is 19.1 Å². The van der Waals surface area contributed by atoms with E-state index in [1.165, 1.54) is 42.5 Å². The number of aryl methyl sites for hydroxylation is 3. The molecular formula is C23H30F2Si. The zero-order valence-electron chi connectivity index (χ0n) is 16.0. The molecule has 0 heterocycles. The first-order valence-electron chi connectivity index (χ1n) is 10.0. The van der Waals surface area contributed by atoms with Crippen LogP contribution in [-0.4, -0.2) is 9.52 Å². The second-order valence-corrected chi connectivity index (χ2v) is 10.0. The van der Waals surface area contributed by atoms with Crippen LogP contribution < -0.4 is 5.19 Å². The molecule has 0 unspecified atom stereocenters. The molecule has 0 nitrogen and oxygen atoms in total. The van der Waals surface area contributed by atoms with Crippen molar-refractivity contribution in [2.75, 3.05) is 0 Å². The van der Waals surface area contributed by atoms with Gasteiger partial charge in [0.1, 0.15) is 0 Å². The lowest BCUT2D eigenvalue weighted by Gasteiger charge is -2.25. The zero-order chi connectivity index (χ0) is 18.5. The van der Waals surface area contributed by atoms with Crippen molar-refractivity contribution in [3.63, 3.8) is 0 Å². The number of hydrogen-bond donors (Lipinski definition) is 0. The number of benzene rings is 2. The molecule has 0 bridgehead atoms. The van der Waals surface area contributed by atoms with Gasteiger partial charge in [-0.1, -0.05) is 80.2 Å². The highest BCUT2D eigenvalue weighted by Gasteiger charge is 2.18. The van der Waals surface area contributed by atoms with Crippen LogP contribution >= 0.6 is 0 Å². The van der Waals surface area contributed by atoms with E-state index < -0.39 is 11.6 Å². The van der Waals surface area contributed by atoms with Gasteiger partial charge in [-0.2, -0.15) is 0 Å². The highest BCUT2D eigenvalue weighted by Crippen LogP contribution is 2.30. The van der Waals surface area contributed by atoms with Gasteiger partial charge in [-0.25, -0.2) is 8.78 Å². The molecule has 0 atom stereocenters. The molecule has 1 aliphatic carbocycles. The van der Waals surface area contributed by atoms with Crippen molar-refractivity contribution in [3.8, 4) is 0 Å². The Morgan fingerprint density at radius 1 is 0.885 bits per heavy atom. The third-order valence-corrected chi connectivity index (χ3v) is 8.19. The van der Waals surface area contributed by atoms with Crippen molar-refractivity contribution in [1.29, 1.82) is 0 Å². The Kier molecular flexibility index (Phi) is 6.63. The monoisotopic (exact) mass is 372 g/mol. The topological polar surface area (TPSA) is 0 Å². The summed E-state index contributed by atoms with van der Waals surface area (Å²) in [5, 5.41) is 1.53. The summed E-state index contributed by atoms with van der Waals surface area (Å²) < 4.78 is 27.6. The summed E-state index contributed by atoms with van der Waals surface area (Å²) in [6.07, 6.45) is 6.96. The van der Waals surface area contributed by atoms with E-state index in [4.69, 9.17) is 0 Å². The number of hydrogen-bond acceptors (Lipinski definition) is 0. The smallest absolute Gasteiger partial charge is 0.162 e. The molecule has 3 rings (SSSR count). The lowest BCUT2D eigenvalue weighted by molar-refractivity contribution is 0.307. The number of rotatable bonds is 6. The lowest BCUT2D eigenvalue weighted by Crippen LogP contribution is -2.20. The van der Waals surface area contributed by atoms with E-state index in [0.29, 0.717) is 17.5 Å². The molecule has 140 valence electrons. The average Bonchev–Trinajstić information content (AvgIpc) is 2.66. The average molecular weight is 373 g/mol. The first kappa shape index (κ1) is 19.3. The molecule has 0 radical (unpaired) electrons. The summed E-state index contributed by atoms with van der Waals surface area (Å²) in [4.78, 5) is 0. The normalized spacial score (nSPS) is 20.8. The van der Waals surface area contributed by atoms with Crippen molar-refractivity contribution in [2.24, 2.45) is 11.8 Å². The molecule has 3 heteroatoms. The molecule has 0 N–H and O–H groups in total. The van der Waals surface area contributed by atoms with Crippen LogP contribution in [0.1, 0.15) is 49.3 Å². The van der Waals surface area contributed by atoms with Gasteiger partial charge in [0.2, 0.25) is 0 Å². The Labute approximate surface area is 158 Å². The van der Waals surface area contributed by atoms with E-state index in [2.05, 4.69) is 31.2 Å². The summed E-state index contributed by atoms with van der Waals surface area (Å²) in [5.74, 6) is 0.493. The van der Waals surface area contributed by atoms with Crippen molar-refractivity contribution in [1.82, 2.24) is 0 Å². The molecule has 2 aromatic carbocycles. The first-order chi connectivity index (χ1) is 12.5. The van der Waals surface area contributed by atoms with Crippen LogP contribution in [-0.2, 0) is 12.8 Å². The van der Waals surface area contributed by atoms with Crippen molar-refractivity contribution in [3.05, 3.63) is 64.7 Å². The minimum absolute atomic E-state index is 0.180. The fourth-order valence-corrected chi connectivity index (χ4v) is 5.91. The van der Waals surface area contributed by atoms with Gasteiger partial charge in [-0.05, 0) is 48.3 Å². The van der Waals surface area contributed by atoms with Gasteiger partial charge in [0.15, 0.2) is 11.6 Å². The maximum absolute atomic E-state index is 14.0. The van der Waals surface area contributed by atoms with Crippen LogP contribution in [0.5, 0.6) is 0 Å². The minimum Gasteiger partial charge on any atom is -0.203 e. The third-order valence-electron chi connectivity index (χ3n) is 6.04. The summed E-state index contributed by atoms with van der Waals surface area (Å²) in [6.45, 7) is 3.97. The SMILES string of the molecule is Cc1ccc(CCc2ccc([SiH2]CC3CCC(C)CC3)cc2)c(F)c1F. The Balaban J connectivity index is 1.49. The fourth-order valence-electron chi connectivity index (χ4n) is 4.02. The standard InChI is InChI=1S/C23H30F2Si/c1-16-3-6-19(7-4-16)15-26-21-13-9-18(10-14-21)8-12-20-11-5-17(2)22(24)23(20)25/h5,9-11,13-14,16,19H,3-4,6-8,12,15,26H2,1-2H3. The maximum Gasteiger partial charge on any atom is 0.162 e. The second-order valence-electron chi connectivity index (χ2n) is 8.15. The minimum atomic E-state index is -0.707. The van der Waals surface area contributed by atoms with Crippen LogP contribution in [0.2, 0.25) is 6.04 Å². The predicted octanol–water partition coefficient (Wildman–Crippen LogP) is 5.10. The van der Waals surface area contributed by atoms with Crippen LogP contribution in [0.4, 0.5) is 8.78 Å². The van der Waals surface area contributed by atoms with Crippen LogP contribution in [0.15, 0.2) is 36.4 Å². The van der Waals surface area contributed by atoms with Crippen LogP contribution in [0.3, 0.4) is 0 Å². The Morgan fingerprint density at radius 2 is 1.58 bits per heavy atom. The summed E-state index contributed by atoms with van der Waals surface area (Å²) >= 11 is 0. The van der Waals surface area contributed by atoms with E-state index in [9.17, 15) is 8.78 Å². The molecule has 0 spiro atoms. The zero-order valence-corrected chi connectivity index (χ0v) is 17.4. The van der Waals surface area contributed by atoms with Gasteiger partial charge in [-0.3, -0.25) is 0 Å². The Hall–Kier alpha value is -1.48. The van der Waals surface area contributed by atoms with Crippen LogP contribution in [0.25, 0.3) is 0 Å². The predicted molar refractivity (Wildman–Crippen MR) is 109 cm³/mol. The Morgan fingerprint density at radius 3 is 2.27 bits per heavy atom. The molecule has 0 aliphatic heterocycles. The van der Waals surface area contributed by atoms with E-state index in [1.807, 2.05) is 0 Å². The third kappa shape index (κ3) is 5.03. The van der Waals surface area contributed by atoms with Gasteiger partial charge in [0, 0.05) is 0 Å². The summed E-state index contributed by atoms with van der Waals surface area (Å²) in [6, 6.07) is 13.7. The largest absolute Gasteiger partial charge is 0.203 e. The molecule has 2 aromatic rings. The van der Waals surface area contributed by atoms with Crippen molar-refractivity contribution < 1.29 is 8.78 Å². The second kappa shape index (κ2) is 8.94. The molecule has 1 saturated carbocycles. The summed E-state index contributed by atoms with van der Waals surface area (Å²) in [7, 11) is -0.180. The van der Waals surface area contributed by atoms with Crippen molar-refractivity contribution in [2.45, 2.75) is 58.4 Å². The molecular weight excluding hydrogens is 342 g/mol. The highest BCUT2D eigenvalue weighted by molar-refractivity contribution is 6.53. The molecule has 0 aromatic heterocycles. The highest BCUT2D eigenvalue weighted by atomic mass is 28.2. The molecule has 0 saturated heterocycles. The summed E-state index contributed by atoms with van der Waals surface area (Å²) in [5.41, 5.74) is 2.04. The van der Waals surface area contributed by atoms with E-state index in [-0.39, 0.29) is 9.52 Å². The van der Waals surface area contributed by atoms with Gasteiger partial charge < -0.3 is 0 Å². The molecule has 26 heavy (non-hydrogen) atoms. The van der Waals surface area contributed by atoms with Gasteiger partial charge in [0.05, 0.1) is 9.52 Å². The van der Waals surface area contributed by atoms with Crippen molar-refractivity contribution >= 4 is 14.7 Å². The lowest BCUT2D eigenvalue weighted by atomic mass is 9.84. The van der Waals surface area contributed by atoms with Crippen LogP contribution in [0, 0.1) is 30.4 Å². The van der Waals surface area contributed by atoms with E-state index in [0.717, 1.165) is 18.3 Å². The molecule has 0 amide bonds. The maximum atomic E-state index is 14.0. The Bertz CT molecular complexity index is 716. The van der Waals surface area contributed by atoms with Gasteiger partial charge >= 0.3 is 0 Å². The van der Waals surface area contributed by atoms with Gasteiger partial charge in [0.25, 0.3) is 0 Å². The molecule has 1 fully saturated rings. The van der Waals surface area contributed by atoms with E-state index >= 15 is 0 Å². The fraction of sp³-hybridized carbons (Fsp3) is 0.478. The quantitative estimate of drug-likeness (QED) is 0.619. The number of halogens is 2.